The fraction of sp³-hybridized carbons (Fsp3) is 0.286. The number of ether oxygens (including phenoxy) is 1. The highest BCUT2D eigenvalue weighted by Gasteiger charge is 2.50. The summed E-state index contributed by atoms with van der Waals surface area (Å²) in [4.78, 5) is 28.4. The zero-order valence-electron chi connectivity index (χ0n) is 19.8. The maximum Gasteiger partial charge on any atom is 0.387 e. The molecule has 5 nitrogen and oxygen atoms in total. The number of para-hydroxylation sites is 1. The maximum atomic E-state index is 13.5. The molecule has 1 N–H and O–H groups in total. The van der Waals surface area contributed by atoms with Crippen LogP contribution < -0.4 is 10.1 Å². The first-order valence-corrected chi connectivity index (χ1v) is 11.6. The number of halogens is 2. The standard InChI is InChI=1S/C28H28F2N2O3/c1-19-9-8-14-23(35-27(29)30)24(19)31-26(34)28(2)17-18-32(28)25(33)22-13-7-6-12-21(22)16-15-20-10-4-3-5-11-20/h3-14,27H,15-18H2,1-2H3,(H,31,34). The molecular formula is C28H28F2N2O3. The summed E-state index contributed by atoms with van der Waals surface area (Å²) in [7, 11) is 0. The fourth-order valence-electron chi connectivity index (χ4n) is 4.38. The van der Waals surface area contributed by atoms with E-state index in [-0.39, 0.29) is 17.3 Å². The fourth-order valence-corrected chi connectivity index (χ4v) is 4.38. The van der Waals surface area contributed by atoms with Crippen LogP contribution in [0.3, 0.4) is 0 Å². The Kier molecular flexibility index (Phi) is 7.15. The molecule has 0 spiro atoms. The van der Waals surface area contributed by atoms with Crippen molar-refractivity contribution in [1.82, 2.24) is 4.90 Å². The van der Waals surface area contributed by atoms with E-state index in [4.69, 9.17) is 0 Å². The Labute approximate surface area is 203 Å². The van der Waals surface area contributed by atoms with Gasteiger partial charge in [0.1, 0.15) is 11.3 Å². The lowest BCUT2D eigenvalue weighted by Crippen LogP contribution is -2.66. The van der Waals surface area contributed by atoms with Crippen LogP contribution in [0, 0.1) is 6.92 Å². The summed E-state index contributed by atoms with van der Waals surface area (Å²) < 4.78 is 30.3. The van der Waals surface area contributed by atoms with Gasteiger partial charge in [0.2, 0.25) is 5.91 Å². The number of anilines is 1. The quantitative estimate of drug-likeness (QED) is 0.457. The van der Waals surface area contributed by atoms with Crippen molar-refractivity contribution in [2.24, 2.45) is 0 Å². The third-order valence-corrected chi connectivity index (χ3v) is 6.62. The van der Waals surface area contributed by atoms with E-state index in [1.54, 1.807) is 36.9 Å². The van der Waals surface area contributed by atoms with Crippen LogP contribution >= 0.6 is 0 Å². The molecule has 0 bridgehead atoms. The number of carbonyl (C=O) groups excluding carboxylic acids is 2. The predicted octanol–water partition coefficient (Wildman–Crippen LogP) is 5.62. The minimum Gasteiger partial charge on any atom is -0.433 e. The first kappa shape index (κ1) is 24.4. The summed E-state index contributed by atoms with van der Waals surface area (Å²) in [6.07, 6.45) is 1.96. The zero-order chi connectivity index (χ0) is 25.0. The molecule has 1 heterocycles. The van der Waals surface area contributed by atoms with Gasteiger partial charge < -0.3 is 15.0 Å². The lowest BCUT2D eigenvalue weighted by molar-refractivity contribution is -0.132. The summed E-state index contributed by atoms with van der Waals surface area (Å²) in [5.74, 6) is -0.765. The zero-order valence-corrected chi connectivity index (χ0v) is 19.8. The topological polar surface area (TPSA) is 58.6 Å². The van der Waals surface area contributed by atoms with E-state index in [1.165, 1.54) is 11.6 Å². The molecule has 0 aliphatic carbocycles. The number of alkyl halides is 2. The van der Waals surface area contributed by atoms with E-state index in [2.05, 4.69) is 22.2 Å². The number of amides is 2. The average Bonchev–Trinajstić information content (AvgIpc) is 2.84. The minimum absolute atomic E-state index is 0.111. The second kappa shape index (κ2) is 10.3. The Bertz CT molecular complexity index is 1220. The Hall–Kier alpha value is -3.74. The molecule has 1 fully saturated rings. The number of rotatable bonds is 8. The highest BCUT2D eigenvalue weighted by atomic mass is 19.3. The SMILES string of the molecule is Cc1cccc(OC(F)F)c1NC(=O)C1(C)CCN1C(=O)c1ccccc1CCc1ccccc1. The van der Waals surface area contributed by atoms with Crippen LogP contribution in [0.1, 0.15) is 40.4 Å². The largest absolute Gasteiger partial charge is 0.433 e. The number of benzene rings is 3. The highest BCUT2D eigenvalue weighted by molar-refractivity contribution is 6.06. The maximum absolute atomic E-state index is 13.5. The molecule has 7 heteroatoms. The van der Waals surface area contributed by atoms with Gasteiger partial charge in [0.15, 0.2) is 0 Å². The normalized spacial score (nSPS) is 17.1. The summed E-state index contributed by atoms with van der Waals surface area (Å²) in [5.41, 5.74) is 2.34. The van der Waals surface area contributed by atoms with Crippen molar-refractivity contribution in [2.75, 3.05) is 11.9 Å². The van der Waals surface area contributed by atoms with Gasteiger partial charge in [-0.05, 0) is 61.9 Å². The van der Waals surface area contributed by atoms with Crippen molar-refractivity contribution in [1.29, 1.82) is 0 Å². The van der Waals surface area contributed by atoms with Crippen molar-refractivity contribution in [3.8, 4) is 5.75 Å². The highest BCUT2D eigenvalue weighted by Crippen LogP contribution is 2.36. The van der Waals surface area contributed by atoms with Gasteiger partial charge in [-0.2, -0.15) is 8.78 Å². The second-order valence-corrected chi connectivity index (χ2v) is 8.90. The van der Waals surface area contributed by atoms with Gasteiger partial charge in [-0.25, -0.2) is 0 Å². The van der Waals surface area contributed by atoms with Gasteiger partial charge in [-0.15, -0.1) is 0 Å². The molecule has 0 saturated carbocycles. The van der Waals surface area contributed by atoms with Crippen molar-refractivity contribution in [3.05, 3.63) is 95.1 Å². The number of carbonyl (C=O) groups is 2. The van der Waals surface area contributed by atoms with Crippen LogP contribution in [-0.4, -0.2) is 35.4 Å². The van der Waals surface area contributed by atoms with Crippen LogP contribution in [0.15, 0.2) is 72.8 Å². The number of hydrogen-bond donors (Lipinski definition) is 1. The van der Waals surface area contributed by atoms with Crippen LogP contribution in [0.4, 0.5) is 14.5 Å². The molecule has 2 amide bonds. The Morgan fingerprint density at radius 1 is 1.00 bits per heavy atom. The van der Waals surface area contributed by atoms with Gasteiger partial charge in [0.25, 0.3) is 5.91 Å². The smallest absolute Gasteiger partial charge is 0.387 e. The molecular weight excluding hydrogens is 450 g/mol. The Morgan fingerprint density at radius 2 is 1.71 bits per heavy atom. The molecule has 3 aromatic rings. The summed E-state index contributed by atoms with van der Waals surface area (Å²) in [6.45, 7) is 0.812. The number of hydrogen-bond acceptors (Lipinski definition) is 3. The van der Waals surface area contributed by atoms with Crippen molar-refractivity contribution < 1.29 is 23.1 Å². The average molecular weight is 479 g/mol. The molecule has 1 saturated heterocycles. The second-order valence-electron chi connectivity index (χ2n) is 8.90. The molecule has 35 heavy (non-hydrogen) atoms. The third kappa shape index (κ3) is 5.19. The van der Waals surface area contributed by atoms with Crippen molar-refractivity contribution in [3.63, 3.8) is 0 Å². The van der Waals surface area contributed by atoms with Crippen LogP contribution in [0.5, 0.6) is 5.75 Å². The van der Waals surface area contributed by atoms with E-state index in [9.17, 15) is 18.4 Å². The van der Waals surface area contributed by atoms with Crippen LogP contribution in [-0.2, 0) is 17.6 Å². The van der Waals surface area contributed by atoms with Crippen LogP contribution in [0.2, 0.25) is 0 Å². The first-order chi connectivity index (χ1) is 16.8. The van der Waals surface area contributed by atoms with E-state index < -0.39 is 18.1 Å². The van der Waals surface area contributed by atoms with Crippen LogP contribution in [0.25, 0.3) is 0 Å². The molecule has 4 rings (SSSR count). The predicted molar refractivity (Wildman–Crippen MR) is 131 cm³/mol. The van der Waals surface area contributed by atoms with Gasteiger partial charge in [-0.1, -0.05) is 60.7 Å². The summed E-state index contributed by atoms with van der Waals surface area (Å²) >= 11 is 0. The Balaban J connectivity index is 1.52. The molecule has 1 unspecified atom stereocenters. The van der Waals surface area contributed by atoms with Gasteiger partial charge in [0.05, 0.1) is 5.69 Å². The molecule has 3 aromatic carbocycles. The van der Waals surface area contributed by atoms with E-state index in [1.807, 2.05) is 36.4 Å². The molecule has 182 valence electrons. The summed E-state index contributed by atoms with van der Waals surface area (Å²) in [5, 5.41) is 2.73. The lowest BCUT2D eigenvalue weighted by Gasteiger charge is -2.49. The molecule has 1 aliphatic heterocycles. The van der Waals surface area contributed by atoms with E-state index >= 15 is 0 Å². The molecule has 1 aliphatic rings. The van der Waals surface area contributed by atoms with E-state index in [0.29, 0.717) is 30.5 Å². The van der Waals surface area contributed by atoms with Gasteiger partial charge in [0, 0.05) is 12.1 Å². The third-order valence-electron chi connectivity index (χ3n) is 6.62. The first-order valence-electron chi connectivity index (χ1n) is 11.6. The number of aryl methyl sites for hydroxylation is 3. The Morgan fingerprint density at radius 3 is 2.40 bits per heavy atom. The summed E-state index contributed by atoms with van der Waals surface area (Å²) in [6, 6.07) is 22.2. The molecule has 0 radical (unpaired) electrons. The minimum atomic E-state index is -3.02. The molecule has 0 aromatic heterocycles. The van der Waals surface area contributed by atoms with Gasteiger partial charge in [-0.3, -0.25) is 9.59 Å². The number of nitrogens with one attached hydrogen (secondary N) is 1. The lowest BCUT2D eigenvalue weighted by atomic mass is 9.84. The van der Waals surface area contributed by atoms with Crippen molar-refractivity contribution >= 4 is 17.5 Å². The number of nitrogens with zero attached hydrogens (tertiary/aromatic N) is 1. The monoisotopic (exact) mass is 478 g/mol. The van der Waals surface area contributed by atoms with E-state index in [0.717, 1.165) is 12.0 Å². The molecule has 1 atom stereocenters. The van der Waals surface area contributed by atoms with Gasteiger partial charge >= 0.3 is 6.61 Å². The van der Waals surface area contributed by atoms with Crippen molar-refractivity contribution in [2.45, 2.75) is 45.3 Å². The number of likely N-dealkylation sites (tertiary alicyclic amines) is 1.